The molecule has 3 unspecified atom stereocenters. The monoisotopic (exact) mass is 473 g/mol. The number of carbonyl (C=O) groups excluding carboxylic acids is 2. The van der Waals surface area contributed by atoms with Gasteiger partial charge >= 0.3 is 11.8 Å². The van der Waals surface area contributed by atoms with Crippen LogP contribution in [-0.4, -0.2) is 50.2 Å². The van der Waals surface area contributed by atoms with Crippen LogP contribution in [0.4, 0.5) is 4.79 Å². The van der Waals surface area contributed by atoms with Crippen molar-refractivity contribution in [1.82, 2.24) is 19.0 Å². The van der Waals surface area contributed by atoms with Crippen LogP contribution >= 0.6 is 11.6 Å². The van der Waals surface area contributed by atoms with E-state index < -0.39 is 5.41 Å². The van der Waals surface area contributed by atoms with Crippen molar-refractivity contribution < 1.29 is 14.3 Å². The van der Waals surface area contributed by atoms with E-state index in [0.29, 0.717) is 41.6 Å². The molecule has 176 valence electrons. The number of pyridine rings is 1. The molecule has 1 aliphatic heterocycles. The number of rotatable bonds is 3. The molecule has 2 amide bonds. The zero-order valence-electron chi connectivity index (χ0n) is 18.6. The number of fused-ring (bicyclic) bond motifs is 1. The summed E-state index contributed by atoms with van der Waals surface area (Å²) in [4.78, 5) is 44.3. The maximum atomic E-state index is 13.1. The van der Waals surface area contributed by atoms with E-state index in [2.05, 4.69) is 4.98 Å². The maximum absolute atomic E-state index is 13.1. The topological polar surface area (TPSA) is 112 Å². The standard InChI is InChI=1S/C23H28ClN5O4/c1-27-17-6-15(24)10-26-19(17)29(21(27)31)16-2-3-28(11-16)22(32)33-18-13-4-12-5-14(18)9-23(7-12,8-13)20(25)30/h6,10,12-14,16,18H,2-5,7-9,11H2,1H3,(H2,25,30). The van der Waals surface area contributed by atoms with E-state index in [1.165, 1.54) is 10.8 Å². The van der Waals surface area contributed by atoms with Crippen LogP contribution in [0.2, 0.25) is 5.02 Å². The van der Waals surface area contributed by atoms with E-state index in [9.17, 15) is 14.4 Å². The minimum absolute atomic E-state index is 0.148. The molecule has 2 aromatic heterocycles. The highest BCUT2D eigenvalue weighted by Crippen LogP contribution is 2.60. The molecule has 0 spiro atoms. The molecule has 4 bridgehead atoms. The van der Waals surface area contributed by atoms with Gasteiger partial charge in [-0.1, -0.05) is 11.6 Å². The molecule has 33 heavy (non-hydrogen) atoms. The number of primary amides is 1. The average Bonchev–Trinajstić information content (AvgIpc) is 3.34. The molecule has 4 saturated carbocycles. The summed E-state index contributed by atoms with van der Waals surface area (Å²) in [5.41, 5.74) is 6.45. The Morgan fingerprint density at radius 1 is 1.24 bits per heavy atom. The van der Waals surface area contributed by atoms with E-state index in [1.807, 2.05) is 0 Å². The van der Waals surface area contributed by atoms with Crippen molar-refractivity contribution in [2.45, 2.75) is 50.7 Å². The number of aryl methyl sites for hydroxylation is 1. The van der Waals surface area contributed by atoms with E-state index in [1.54, 1.807) is 22.6 Å². The number of hydrogen-bond acceptors (Lipinski definition) is 5. The van der Waals surface area contributed by atoms with Gasteiger partial charge in [0.15, 0.2) is 5.65 Å². The minimum Gasteiger partial charge on any atom is -0.446 e. The molecule has 3 atom stereocenters. The van der Waals surface area contributed by atoms with Crippen LogP contribution in [-0.2, 0) is 16.6 Å². The molecule has 0 aromatic carbocycles. The third-order valence-electron chi connectivity index (χ3n) is 8.63. The second-order valence-electron chi connectivity index (χ2n) is 10.6. The number of nitrogens with zero attached hydrogens (tertiary/aromatic N) is 4. The maximum Gasteiger partial charge on any atom is 0.410 e. The highest BCUT2D eigenvalue weighted by atomic mass is 35.5. The molecule has 3 heterocycles. The third kappa shape index (κ3) is 3.11. The fraction of sp³-hybridized carbons (Fsp3) is 0.652. The summed E-state index contributed by atoms with van der Waals surface area (Å²) >= 11 is 6.06. The Bertz CT molecular complexity index is 1210. The zero-order valence-corrected chi connectivity index (χ0v) is 19.3. The largest absolute Gasteiger partial charge is 0.446 e. The smallest absolute Gasteiger partial charge is 0.410 e. The molecule has 9 nitrogen and oxygen atoms in total. The summed E-state index contributed by atoms with van der Waals surface area (Å²) < 4.78 is 9.27. The van der Waals surface area contributed by atoms with Crippen molar-refractivity contribution >= 4 is 34.8 Å². The Hall–Kier alpha value is -2.55. The minimum atomic E-state index is -0.399. The fourth-order valence-electron chi connectivity index (χ4n) is 7.32. The Kier molecular flexibility index (Phi) is 4.60. The van der Waals surface area contributed by atoms with Gasteiger partial charge < -0.3 is 15.4 Å². The number of nitrogens with two attached hydrogens (primary N) is 1. The third-order valence-corrected chi connectivity index (χ3v) is 8.84. The van der Waals surface area contributed by atoms with Gasteiger partial charge in [-0.2, -0.15) is 0 Å². The van der Waals surface area contributed by atoms with E-state index >= 15 is 0 Å². The fourth-order valence-corrected chi connectivity index (χ4v) is 7.47. The summed E-state index contributed by atoms with van der Waals surface area (Å²) in [5.74, 6) is 0.742. The van der Waals surface area contributed by atoms with Crippen molar-refractivity contribution in [3.05, 3.63) is 27.8 Å². The predicted molar refractivity (Wildman–Crippen MR) is 121 cm³/mol. The zero-order chi connectivity index (χ0) is 23.1. The van der Waals surface area contributed by atoms with Gasteiger partial charge in [0.05, 0.1) is 22.0 Å². The van der Waals surface area contributed by atoms with E-state index in [-0.39, 0.29) is 41.7 Å². The second kappa shape index (κ2) is 7.22. The summed E-state index contributed by atoms with van der Waals surface area (Å²) in [5, 5.41) is 0.473. The van der Waals surface area contributed by atoms with Crippen molar-refractivity contribution in [3.63, 3.8) is 0 Å². The van der Waals surface area contributed by atoms with Crippen molar-refractivity contribution in [3.8, 4) is 0 Å². The Balaban J connectivity index is 1.18. The van der Waals surface area contributed by atoms with E-state index in [4.69, 9.17) is 22.1 Å². The molecule has 2 aromatic rings. The Labute approximate surface area is 195 Å². The number of amides is 2. The van der Waals surface area contributed by atoms with Crippen LogP contribution in [0.15, 0.2) is 17.1 Å². The molecule has 0 radical (unpaired) electrons. The lowest BCUT2D eigenvalue weighted by atomic mass is 9.48. The van der Waals surface area contributed by atoms with Gasteiger partial charge in [0, 0.05) is 26.3 Å². The first-order chi connectivity index (χ1) is 15.8. The van der Waals surface area contributed by atoms with Crippen LogP contribution in [0.5, 0.6) is 0 Å². The number of imidazole rings is 1. The van der Waals surface area contributed by atoms with Gasteiger partial charge in [0.2, 0.25) is 5.91 Å². The van der Waals surface area contributed by atoms with Gasteiger partial charge in [-0.3, -0.25) is 13.9 Å². The summed E-state index contributed by atoms with van der Waals surface area (Å²) in [6.45, 7) is 0.924. The van der Waals surface area contributed by atoms with Crippen molar-refractivity contribution in [2.24, 2.45) is 36.0 Å². The lowest BCUT2D eigenvalue weighted by Crippen LogP contribution is -2.59. The number of ether oxygens (including phenoxy) is 1. The first kappa shape index (κ1) is 21.0. The van der Waals surface area contributed by atoms with Crippen LogP contribution in [0.3, 0.4) is 0 Å². The Morgan fingerprint density at radius 2 is 1.97 bits per heavy atom. The molecule has 5 aliphatic rings. The summed E-state index contributed by atoms with van der Waals surface area (Å²) in [7, 11) is 1.70. The highest BCUT2D eigenvalue weighted by Gasteiger charge is 2.59. The van der Waals surface area contributed by atoms with Gasteiger partial charge in [-0.15, -0.1) is 0 Å². The summed E-state index contributed by atoms with van der Waals surface area (Å²) in [6, 6.07) is 1.56. The molecular weight excluding hydrogens is 446 g/mol. The van der Waals surface area contributed by atoms with Crippen LogP contribution in [0, 0.1) is 23.2 Å². The predicted octanol–water partition coefficient (Wildman–Crippen LogP) is 2.45. The van der Waals surface area contributed by atoms with Crippen molar-refractivity contribution in [2.75, 3.05) is 13.1 Å². The number of hydrogen-bond donors (Lipinski definition) is 1. The quantitative estimate of drug-likeness (QED) is 0.735. The first-order valence-corrected chi connectivity index (χ1v) is 12.1. The van der Waals surface area contributed by atoms with Gasteiger partial charge in [-0.05, 0) is 62.3 Å². The van der Waals surface area contributed by atoms with Gasteiger partial charge in [-0.25, -0.2) is 14.6 Å². The molecular formula is C23H28ClN5O4. The molecule has 5 fully saturated rings. The van der Waals surface area contributed by atoms with Gasteiger partial charge in [0.1, 0.15) is 6.10 Å². The van der Waals surface area contributed by atoms with Crippen LogP contribution < -0.4 is 11.4 Å². The molecule has 2 N–H and O–H groups in total. The molecule has 4 aliphatic carbocycles. The molecule has 1 saturated heterocycles. The average molecular weight is 474 g/mol. The second-order valence-corrected chi connectivity index (χ2v) is 11.0. The molecule has 10 heteroatoms. The Morgan fingerprint density at radius 3 is 2.67 bits per heavy atom. The van der Waals surface area contributed by atoms with Crippen LogP contribution in [0.25, 0.3) is 11.2 Å². The van der Waals surface area contributed by atoms with Crippen LogP contribution in [0.1, 0.15) is 44.6 Å². The number of aromatic nitrogens is 3. The molecule has 7 rings (SSSR count). The SMILES string of the molecule is Cn1c(=O)n(C2CCN(C(=O)OC3C4CC5CC3CC(C(N)=O)(C5)C4)C2)c2ncc(Cl)cc21. The number of carbonyl (C=O) groups is 2. The highest BCUT2D eigenvalue weighted by molar-refractivity contribution is 6.31. The number of halogens is 1. The summed E-state index contributed by atoms with van der Waals surface area (Å²) in [6.07, 6.45) is 6.08. The van der Waals surface area contributed by atoms with E-state index in [0.717, 1.165) is 32.1 Å². The normalized spacial score (nSPS) is 34.8. The van der Waals surface area contributed by atoms with Gasteiger partial charge in [0.25, 0.3) is 0 Å². The first-order valence-electron chi connectivity index (χ1n) is 11.7. The van der Waals surface area contributed by atoms with Crippen molar-refractivity contribution in [1.29, 1.82) is 0 Å². The lowest BCUT2D eigenvalue weighted by molar-refractivity contribution is -0.161. The lowest BCUT2D eigenvalue weighted by Gasteiger charge is -2.58. The number of likely N-dealkylation sites (tertiary alicyclic amines) is 1.